The molecular formula is C19H25F3N6O4. The third-order valence-electron chi connectivity index (χ3n) is 4.69. The van der Waals surface area contributed by atoms with Crippen molar-refractivity contribution in [1.82, 2.24) is 25.0 Å². The van der Waals surface area contributed by atoms with E-state index in [1.165, 1.54) is 6.20 Å². The standard InChI is InChI=1S/C17H24N6O2.C2HF3O2/c1-10(2)13-7-15(19-16(18-13)11(3)4)22-6-5-12(8-22)23-9-14(17(24)25)20-21-23;3-2(4,5)1(6)7/h7,9-12H,5-6,8H2,1-4H3,(H,24,25);(H,6,7). The van der Waals surface area contributed by atoms with Crippen LogP contribution in [-0.4, -0.2) is 66.4 Å². The van der Waals surface area contributed by atoms with E-state index in [0.717, 1.165) is 36.8 Å². The van der Waals surface area contributed by atoms with Gasteiger partial charge >= 0.3 is 18.1 Å². The van der Waals surface area contributed by atoms with Crippen molar-refractivity contribution in [2.75, 3.05) is 18.0 Å². The highest BCUT2D eigenvalue weighted by Gasteiger charge is 2.38. The summed E-state index contributed by atoms with van der Waals surface area (Å²) in [6.07, 6.45) is -2.71. The normalized spacial score (nSPS) is 16.3. The van der Waals surface area contributed by atoms with Crippen LogP contribution in [0.3, 0.4) is 0 Å². The van der Waals surface area contributed by atoms with Crippen molar-refractivity contribution in [2.45, 2.75) is 58.2 Å². The Bertz CT molecular complexity index is 935. The average molecular weight is 458 g/mol. The van der Waals surface area contributed by atoms with Crippen LogP contribution in [0.4, 0.5) is 19.0 Å². The number of aromatic carboxylic acids is 1. The molecule has 176 valence electrons. The number of aromatic nitrogens is 5. The molecule has 1 aliphatic rings. The summed E-state index contributed by atoms with van der Waals surface area (Å²) in [4.78, 5) is 31.5. The Kier molecular flexibility index (Phi) is 7.75. The molecule has 1 unspecified atom stereocenters. The maximum absolute atomic E-state index is 11.0. The van der Waals surface area contributed by atoms with Gasteiger partial charge in [-0.3, -0.25) is 0 Å². The van der Waals surface area contributed by atoms with Crippen molar-refractivity contribution in [3.05, 3.63) is 29.5 Å². The van der Waals surface area contributed by atoms with Gasteiger partial charge in [0.15, 0.2) is 5.69 Å². The lowest BCUT2D eigenvalue weighted by Gasteiger charge is -2.20. The molecule has 1 fully saturated rings. The second-order valence-electron chi connectivity index (χ2n) is 7.90. The van der Waals surface area contributed by atoms with Gasteiger partial charge in [0, 0.05) is 30.8 Å². The third kappa shape index (κ3) is 6.37. The number of hydrogen-bond donors (Lipinski definition) is 2. The minimum absolute atomic E-state index is 0.0234. The van der Waals surface area contributed by atoms with Crippen molar-refractivity contribution >= 4 is 17.8 Å². The summed E-state index contributed by atoms with van der Waals surface area (Å²) < 4.78 is 33.4. The first-order chi connectivity index (χ1) is 14.8. The minimum atomic E-state index is -5.08. The molecule has 0 aromatic carbocycles. The molecule has 1 atom stereocenters. The van der Waals surface area contributed by atoms with Crippen LogP contribution in [-0.2, 0) is 4.79 Å². The van der Waals surface area contributed by atoms with Crippen LogP contribution >= 0.6 is 0 Å². The lowest BCUT2D eigenvalue weighted by atomic mass is 10.1. The molecular weight excluding hydrogens is 433 g/mol. The zero-order valence-electron chi connectivity index (χ0n) is 18.0. The quantitative estimate of drug-likeness (QED) is 0.693. The zero-order chi connectivity index (χ0) is 24.2. The SMILES string of the molecule is CC(C)c1cc(N2CCC(n3cc(C(=O)O)nn3)C2)nc(C(C)C)n1.O=C(O)C(F)(F)F. The van der Waals surface area contributed by atoms with Gasteiger partial charge in [-0.05, 0) is 12.3 Å². The van der Waals surface area contributed by atoms with Gasteiger partial charge in [0.2, 0.25) is 0 Å². The average Bonchev–Trinajstić information content (AvgIpc) is 3.37. The second-order valence-corrected chi connectivity index (χ2v) is 7.90. The molecule has 3 rings (SSSR count). The number of hydrogen-bond acceptors (Lipinski definition) is 7. The first-order valence-electron chi connectivity index (χ1n) is 9.88. The first-order valence-corrected chi connectivity index (χ1v) is 9.88. The van der Waals surface area contributed by atoms with Crippen LogP contribution in [0.15, 0.2) is 12.3 Å². The fraction of sp³-hybridized carbons (Fsp3) is 0.579. The van der Waals surface area contributed by atoms with E-state index in [4.69, 9.17) is 20.0 Å². The number of nitrogens with zero attached hydrogens (tertiary/aromatic N) is 6. The van der Waals surface area contributed by atoms with Crippen LogP contribution in [0.2, 0.25) is 0 Å². The van der Waals surface area contributed by atoms with Crippen LogP contribution in [0, 0.1) is 0 Å². The number of aliphatic carboxylic acids is 1. The number of carboxylic acids is 2. The first kappa shape index (κ1) is 25.0. The lowest BCUT2D eigenvalue weighted by molar-refractivity contribution is -0.192. The maximum Gasteiger partial charge on any atom is 0.490 e. The van der Waals surface area contributed by atoms with E-state index >= 15 is 0 Å². The molecule has 3 heterocycles. The van der Waals surface area contributed by atoms with Gasteiger partial charge in [0.1, 0.15) is 11.6 Å². The predicted octanol–water partition coefficient (Wildman–Crippen LogP) is 3.10. The molecule has 1 saturated heterocycles. The van der Waals surface area contributed by atoms with Crippen molar-refractivity contribution in [2.24, 2.45) is 0 Å². The summed E-state index contributed by atoms with van der Waals surface area (Å²) in [5.41, 5.74) is 1.02. The van der Waals surface area contributed by atoms with Crippen molar-refractivity contribution in [3.63, 3.8) is 0 Å². The van der Waals surface area contributed by atoms with E-state index in [1.807, 2.05) is 0 Å². The molecule has 0 amide bonds. The number of alkyl halides is 3. The lowest BCUT2D eigenvalue weighted by Crippen LogP contribution is -2.23. The number of carboxylic acid groups (broad SMARTS) is 2. The Morgan fingerprint density at radius 1 is 1.12 bits per heavy atom. The van der Waals surface area contributed by atoms with Gasteiger partial charge in [-0.2, -0.15) is 13.2 Å². The predicted molar refractivity (Wildman–Crippen MR) is 107 cm³/mol. The Hall–Kier alpha value is -3.25. The number of rotatable bonds is 5. The van der Waals surface area contributed by atoms with Crippen molar-refractivity contribution < 1.29 is 33.0 Å². The van der Waals surface area contributed by atoms with E-state index in [9.17, 15) is 18.0 Å². The topological polar surface area (TPSA) is 134 Å². The van der Waals surface area contributed by atoms with Gasteiger partial charge in [0.05, 0.1) is 12.2 Å². The highest BCUT2D eigenvalue weighted by atomic mass is 19.4. The maximum atomic E-state index is 11.0. The second kappa shape index (κ2) is 9.92. The number of carbonyl (C=O) groups is 2. The summed E-state index contributed by atoms with van der Waals surface area (Å²) in [6.45, 7) is 10.0. The van der Waals surface area contributed by atoms with Gasteiger partial charge < -0.3 is 15.1 Å². The molecule has 2 aromatic heterocycles. The van der Waals surface area contributed by atoms with Crippen LogP contribution in [0.1, 0.15) is 74.0 Å². The Morgan fingerprint density at radius 3 is 2.22 bits per heavy atom. The number of halogens is 3. The summed E-state index contributed by atoms with van der Waals surface area (Å²) in [7, 11) is 0. The monoisotopic (exact) mass is 458 g/mol. The van der Waals surface area contributed by atoms with Crippen molar-refractivity contribution in [1.29, 1.82) is 0 Å². The number of anilines is 1. The molecule has 2 N–H and O–H groups in total. The van der Waals surface area contributed by atoms with E-state index in [2.05, 4.69) is 54.0 Å². The zero-order valence-corrected chi connectivity index (χ0v) is 18.0. The van der Waals surface area contributed by atoms with Gasteiger partial charge in [-0.15, -0.1) is 5.10 Å². The molecule has 0 saturated carbocycles. The highest BCUT2D eigenvalue weighted by Crippen LogP contribution is 2.28. The largest absolute Gasteiger partial charge is 0.490 e. The van der Waals surface area contributed by atoms with Crippen LogP contribution in [0.25, 0.3) is 0 Å². The van der Waals surface area contributed by atoms with E-state index in [1.54, 1.807) is 4.68 Å². The molecule has 0 radical (unpaired) electrons. The smallest absolute Gasteiger partial charge is 0.476 e. The Morgan fingerprint density at radius 2 is 1.75 bits per heavy atom. The summed E-state index contributed by atoms with van der Waals surface area (Å²) in [5.74, 6) is -1.41. The third-order valence-corrected chi connectivity index (χ3v) is 4.69. The fourth-order valence-corrected chi connectivity index (χ4v) is 2.91. The van der Waals surface area contributed by atoms with Crippen LogP contribution in [0.5, 0.6) is 0 Å². The molecule has 1 aliphatic heterocycles. The van der Waals surface area contributed by atoms with Gasteiger partial charge in [-0.1, -0.05) is 32.9 Å². The summed E-state index contributed by atoms with van der Waals surface area (Å²) in [6, 6.07) is 2.16. The minimum Gasteiger partial charge on any atom is -0.476 e. The highest BCUT2D eigenvalue weighted by molar-refractivity contribution is 5.84. The Labute approximate surface area is 182 Å². The molecule has 2 aromatic rings. The summed E-state index contributed by atoms with van der Waals surface area (Å²) >= 11 is 0. The Balaban J connectivity index is 0.000000451. The molecule has 10 nitrogen and oxygen atoms in total. The van der Waals surface area contributed by atoms with E-state index in [0.29, 0.717) is 5.92 Å². The molecule has 0 bridgehead atoms. The summed E-state index contributed by atoms with van der Waals surface area (Å²) in [5, 5.41) is 23.8. The van der Waals surface area contributed by atoms with Gasteiger partial charge in [-0.25, -0.2) is 24.2 Å². The van der Waals surface area contributed by atoms with E-state index < -0.39 is 18.1 Å². The van der Waals surface area contributed by atoms with Crippen molar-refractivity contribution in [3.8, 4) is 0 Å². The fourth-order valence-electron chi connectivity index (χ4n) is 2.91. The van der Waals surface area contributed by atoms with E-state index in [-0.39, 0.29) is 17.7 Å². The molecule has 32 heavy (non-hydrogen) atoms. The van der Waals surface area contributed by atoms with Crippen LogP contribution < -0.4 is 4.90 Å². The molecule has 0 spiro atoms. The van der Waals surface area contributed by atoms with Gasteiger partial charge in [0.25, 0.3) is 0 Å². The molecule has 13 heteroatoms. The molecule has 0 aliphatic carbocycles.